The molecule has 1 aliphatic rings. The third-order valence-corrected chi connectivity index (χ3v) is 3.99. The molecule has 0 aliphatic carbocycles. The van der Waals surface area contributed by atoms with Crippen LogP contribution >= 0.6 is 11.6 Å². The highest BCUT2D eigenvalue weighted by Crippen LogP contribution is 2.30. The van der Waals surface area contributed by atoms with Gasteiger partial charge >= 0.3 is 0 Å². The van der Waals surface area contributed by atoms with E-state index >= 15 is 0 Å². The van der Waals surface area contributed by atoms with E-state index in [-0.39, 0.29) is 29.3 Å². The Kier molecular flexibility index (Phi) is 3.86. The summed E-state index contributed by atoms with van der Waals surface area (Å²) >= 11 is 5.99. The summed E-state index contributed by atoms with van der Waals surface area (Å²) in [6.45, 7) is 0.396. The second-order valence-electron chi connectivity index (χ2n) is 4.87. The lowest BCUT2D eigenvalue weighted by atomic mass is 9.92. The van der Waals surface area contributed by atoms with E-state index < -0.39 is 0 Å². The van der Waals surface area contributed by atoms with Crippen LogP contribution in [-0.4, -0.2) is 39.0 Å². The predicted molar refractivity (Wildman–Crippen MR) is 78.1 cm³/mol. The van der Waals surface area contributed by atoms with Crippen LogP contribution in [0.25, 0.3) is 0 Å². The van der Waals surface area contributed by atoms with E-state index in [1.54, 1.807) is 4.90 Å². The van der Waals surface area contributed by atoms with Crippen LogP contribution in [0.3, 0.4) is 0 Å². The topological polar surface area (TPSA) is 66.3 Å². The molecule has 0 radical (unpaired) electrons. The minimum atomic E-state index is -0.367. The molecule has 1 aromatic carbocycles. The maximum atomic E-state index is 12.6. The summed E-state index contributed by atoms with van der Waals surface area (Å²) < 4.78 is 0. The van der Waals surface area contributed by atoms with Crippen LogP contribution in [0.1, 0.15) is 27.7 Å². The minimum Gasteiger partial charge on any atom is -0.394 e. The van der Waals surface area contributed by atoms with Crippen LogP contribution in [0, 0.1) is 0 Å². The molecule has 1 aliphatic heterocycles. The number of amides is 1. The van der Waals surface area contributed by atoms with Gasteiger partial charge in [0.1, 0.15) is 12.0 Å². The lowest BCUT2D eigenvalue weighted by molar-refractivity contribution is 0.0563. The average Bonchev–Trinajstić information content (AvgIpc) is 2.53. The van der Waals surface area contributed by atoms with Crippen molar-refractivity contribution in [1.82, 2.24) is 14.9 Å². The lowest BCUT2D eigenvalue weighted by Crippen LogP contribution is -2.42. The summed E-state index contributed by atoms with van der Waals surface area (Å²) in [5.74, 6) is -0.282. The number of aliphatic hydroxyl groups is 1. The highest BCUT2D eigenvalue weighted by molar-refractivity contribution is 6.33. The van der Waals surface area contributed by atoms with Crippen molar-refractivity contribution in [1.29, 1.82) is 0 Å². The normalized spacial score (nSPS) is 17.4. The number of hydrogen-bond acceptors (Lipinski definition) is 4. The van der Waals surface area contributed by atoms with Crippen molar-refractivity contribution in [3.63, 3.8) is 0 Å². The van der Waals surface area contributed by atoms with Crippen LogP contribution in [-0.2, 0) is 6.42 Å². The van der Waals surface area contributed by atoms with Crippen molar-refractivity contribution in [2.45, 2.75) is 12.5 Å². The molecular formula is C15H14ClN3O2. The fourth-order valence-corrected chi connectivity index (χ4v) is 2.88. The summed E-state index contributed by atoms with van der Waals surface area (Å²) in [5.41, 5.74) is 2.31. The molecule has 0 bridgehead atoms. The van der Waals surface area contributed by atoms with Crippen LogP contribution in [0.15, 0.2) is 36.8 Å². The number of carbonyl (C=O) groups excluding carboxylic acids is 1. The molecule has 3 rings (SSSR count). The minimum absolute atomic E-state index is 0.133. The van der Waals surface area contributed by atoms with Crippen molar-refractivity contribution < 1.29 is 9.90 Å². The van der Waals surface area contributed by atoms with E-state index in [2.05, 4.69) is 9.97 Å². The van der Waals surface area contributed by atoms with Gasteiger partial charge in [-0.1, -0.05) is 35.9 Å². The molecule has 0 unspecified atom stereocenters. The first-order valence-corrected chi connectivity index (χ1v) is 7.05. The van der Waals surface area contributed by atoms with Crippen molar-refractivity contribution >= 4 is 17.5 Å². The molecule has 0 saturated carbocycles. The summed E-state index contributed by atoms with van der Waals surface area (Å²) in [6.07, 6.45) is 3.44. The quantitative estimate of drug-likeness (QED) is 0.919. The van der Waals surface area contributed by atoms with Gasteiger partial charge < -0.3 is 10.0 Å². The van der Waals surface area contributed by atoms with Crippen molar-refractivity contribution in [2.24, 2.45) is 0 Å². The first kappa shape index (κ1) is 14.0. The SMILES string of the molecule is O=C(c1ncncc1Cl)N1CCc2ccccc2[C@@H]1CO. The number of rotatable bonds is 2. The Morgan fingerprint density at radius 1 is 1.43 bits per heavy atom. The van der Waals surface area contributed by atoms with Crippen molar-refractivity contribution in [2.75, 3.05) is 13.2 Å². The number of aliphatic hydroxyl groups excluding tert-OH is 1. The number of hydrogen-bond donors (Lipinski definition) is 1. The predicted octanol–water partition coefficient (Wildman–Crippen LogP) is 1.86. The Balaban J connectivity index is 1.96. The highest BCUT2D eigenvalue weighted by Gasteiger charge is 2.32. The van der Waals surface area contributed by atoms with Gasteiger partial charge in [-0.3, -0.25) is 4.79 Å². The molecule has 6 heteroatoms. The van der Waals surface area contributed by atoms with E-state index in [4.69, 9.17) is 11.6 Å². The van der Waals surface area contributed by atoms with E-state index in [1.165, 1.54) is 12.5 Å². The molecule has 0 spiro atoms. The average molecular weight is 304 g/mol. The second kappa shape index (κ2) is 5.79. The zero-order valence-electron chi connectivity index (χ0n) is 11.2. The number of halogens is 1. The summed E-state index contributed by atoms with van der Waals surface area (Å²) in [6, 6.07) is 7.47. The fourth-order valence-electron chi connectivity index (χ4n) is 2.70. The van der Waals surface area contributed by atoms with E-state index in [0.29, 0.717) is 6.54 Å². The molecule has 21 heavy (non-hydrogen) atoms. The molecule has 1 atom stereocenters. The maximum absolute atomic E-state index is 12.6. The lowest BCUT2D eigenvalue weighted by Gasteiger charge is -2.36. The molecule has 0 saturated heterocycles. The Bertz CT molecular complexity index is 677. The number of carbonyl (C=O) groups is 1. The zero-order valence-corrected chi connectivity index (χ0v) is 12.0. The summed E-state index contributed by atoms with van der Waals surface area (Å²) in [5, 5.41) is 9.93. The molecular weight excluding hydrogens is 290 g/mol. The first-order chi connectivity index (χ1) is 10.2. The van der Waals surface area contributed by atoms with E-state index in [0.717, 1.165) is 17.5 Å². The molecule has 108 valence electrons. The summed E-state index contributed by atoms with van der Waals surface area (Å²) in [4.78, 5) is 22.0. The Labute approximate surface area is 127 Å². The number of fused-ring (bicyclic) bond motifs is 1. The van der Waals surface area contributed by atoms with Crippen LogP contribution in [0.5, 0.6) is 0 Å². The van der Waals surface area contributed by atoms with E-state index in [1.807, 2.05) is 24.3 Å². The molecule has 0 fully saturated rings. The standard InChI is InChI=1S/C15H14ClN3O2/c16-12-7-17-9-18-14(12)15(21)19-6-5-10-3-1-2-4-11(10)13(19)8-20/h1-4,7,9,13,20H,5-6,8H2/t13-/m0/s1. The Hall–Kier alpha value is -1.98. The third-order valence-electron chi connectivity index (χ3n) is 3.72. The molecule has 1 amide bonds. The van der Waals surface area contributed by atoms with Gasteiger partial charge in [0.05, 0.1) is 17.7 Å². The smallest absolute Gasteiger partial charge is 0.274 e. The van der Waals surface area contributed by atoms with Gasteiger partial charge in [0.2, 0.25) is 0 Å². The van der Waals surface area contributed by atoms with Gasteiger partial charge in [0, 0.05) is 12.7 Å². The molecule has 1 aromatic heterocycles. The first-order valence-electron chi connectivity index (χ1n) is 6.67. The van der Waals surface area contributed by atoms with Gasteiger partial charge in [0.25, 0.3) is 5.91 Å². The number of nitrogens with zero attached hydrogens (tertiary/aromatic N) is 3. The number of aromatic nitrogens is 2. The zero-order chi connectivity index (χ0) is 14.8. The molecule has 2 heterocycles. The largest absolute Gasteiger partial charge is 0.394 e. The van der Waals surface area contributed by atoms with E-state index in [9.17, 15) is 9.90 Å². The molecule has 1 N–H and O–H groups in total. The van der Waals surface area contributed by atoms with Gasteiger partial charge in [0.15, 0.2) is 0 Å². The monoisotopic (exact) mass is 303 g/mol. The van der Waals surface area contributed by atoms with Crippen LogP contribution in [0.2, 0.25) is 5.02 Å². The second-order valence-corrected chi connectivity index (χ2v) is 5.27. The van der Waals surface area contributed by atoms with Gasteiger partial charge in [-0.25, -0.2) is 9.97 Å². The highest BCUT2D eigenvalue weighted by atomic mass is 35.5. The number of benzene rings is 1. The molecule has 2 aromatic rings. The fraction of sp³-hybridized carbons (Fsp3) is 0.267. The molecule has 5 nitrogen and oxygen atoms in total. The van der Waals surface area contributed by atoms with Crippen molar-refractivity contribution in [3.05, 3.63) is 58.6 Å². The third kappa shape index (κ3) is 2.50. The van der Waals surface area contributed by atoms with Gasteiger partial charge in [-0.05, 0) is 17.5 Å². The maximum Gasteiger partial charge on any atom is 0.274 e. The van der Waals surface area contributed by atoms with Gasteiger partial charge in [-0.15, -0.1) is 0 Å². The Morgan fingerprint density at radius 3 is 3.00 bits per heavy atom. The Morgan fingerprint density at radius 2 is 2.24 bits per heavy atom. The van der Waals surface area contributed by atoms with Crippen LogP contribution < -0.4 is 0 Å². The van der Waals surface area contributed by atoms with Crippen LogP contribution in [0.4, 0.5) is 0 Å². The summed E-state index contributed by atoms with van der Waals surface area (Å²) in [7, 11) is 0. The van der Waals surface area contributed by atoms with Gasteiger partial charge in [-0.2, -0.15) is 0 Å². The van der Waals surface area contributed by atoms with Crippen molar-refractivity contribution in [3.8, 4) is 0 Å².